The fourth-order valence-electron chi connectivity index (χ4n) is 4.89. The van der Waals surface area contributed by atoms with Crippen LogP contribution in [0, 0.1) is 0 Å². The van der Waals surface area contributed by atoms with Gasteiger partial charge < -0.3 is 10.2 Å². The zero-order valence-electron chi connectivity index (χ0n) is 22.7. The van der Waals surface area contributed by atoms with E-state index in [9.17, 15) is 18.0 Å². The predicted octanol–water partition coefficient (Wildman–Crippen LogP) is 5.31. The van der Waals surface area contributed by atoms with Gasteiger partial charge in [0.1, 0.15) is 6.04 Å². The van der Waals surface area contributed by atoms with Crippen molar-refractivity contribution in [3.05, 3.63) is 64.7 Å². The molecule has 0 radical (unpaired) electrons. The summed E-state index contributed by atoms with van der Waals surface area (Å²) in [7, 11) is -3.53. The second-order valence-corrected chi connectivity index (χ2v) is 12.5. The lowest BCUT2D eigenvalue weighted by Gasteiger charge is -2.31. The van der Waals surface area contributed by atoms with Gasteiger partial charge in [-0.2, -0.15) is 0 Å². The van der Waals surface area contributed by atoms with Gasteiger partial charge >= 0.3 is 0 Å². The number of halogens is 1. The average Bonchev–Trinajstić information content (AvgIpc) is 2.89. The molecule has 0 bridgehead atoms. The Kier molecular flexibility index (Phi) is 11.0. The maximum absolute atomic E-state index is 13.5. The highest BCUT2D eigenvalue weighted by Gasteiger charge is 2.28. The number of aryl methyl sites for hydroxylation is 1. The van der Waals surface area contributed by atoms with Gasteiger partial charge in [-0.3, -0.25) is 13.9 Å². The smallest absolute Gasteiger partial charge is 0.242 e. The monoisotopic (exact) mass is 561 g/mol. The van der Waals surface area contributed by atoms with E-state index in [1.807, 2.05) is 31.2 Å². The molecule has 1 atom stereocenters. The lowest BCUT2D eigenvalue weighted by atomic mass is 9.95. The largest absolute Gasteiger partial charge is 0.352 e. The molecule has 1 N–H and O–H groups in total. The van der Waals surface area contributed by atoms with E-state index in [1.165, 1.54) is 17.0 Å². The molecule has 7 nitrogen and oxygen atoms in total. The summed E-state index contributed by atoms with van der Waals surface area (Å²) in [5.41, 5.74) is 2.53. The summed E-state index contributed by atoms with van der Waals surface area (Å²) in [5.74, 6) is -0.368. The van der Waals surface area contributed by atoms with Crippen molar-refractivity contribution >= 4 is 39.1 Å². The van der Waals surface area contributed by atoms with Gasteiger partial charge in [0.05, 0.1) is 11.9 Å². The van der Waals surface area contributed by atoms with Crippen molar-refractivity contribution in [3.8, 4) is 0 Å². The van der Waals surface area contributed by atoms with E-state index in [4.69, 9.17) is 11.6 Å². The van der Waals surface area contributed by atoms with Crippen molar-refractivity contribution < 1.29 is 18.0 Å². The number of amides is 2. The molecular formula is C29H40ClN3O4S. The van der Waals surface area contributed by atoms with E-state index in [1.54, 1.807) is 36.1 Å². The van der Waals surface area contributed by atoms with Gasteiger partial charge in [-0.15, -0.1) is 0 Å². The van der Waals surface area contributed by atoms with Crippen molar-refractivity contribution in [1.82, 2.24) is 10.2 Å². The number of carbonyl (C=O) groups excluding carboxylic acids is 2. The number of rotatable bonds is 12. The first-order valence-corrected chi connectivity index (χ1v) is 15.7. The maximum Gasteiger partial charge on any atom is 0.242 e. The second-order valence-electron chi connectivity index (χ2n) is 10.1. The first-order chi connectivity index (χ1) is 18.1. The molecule has 0 saturated heterocycles. The third-order valence-electron chi connectivity index (χ3n) is 7.15. The fourth-order valence-corrected chi connectivity index (χ4v) is 6.06. The SMILES string of the molecule is CCc1ccc(N(CCCC(=O)N(Cc2cccc(Cl)c2)[C@H](C)C(=O)NC2CCCCC2)S(C)(=O)=O)cc1. The number of benzene rings is 2. The summed E-state index contributed by atoms with van der Waals surface area (Å²) in [5, 5.41) is 3.69. The van der Waals surface area contributed by atoms with Crippen LogP contribution in [-0.4, -0.2) is 50.0 Å². The van der Waals surface area contributed by atoms with Crippen LogP contribution in [0.4, 0.5) is 5.69 Å². The summed E-state index contributed by atoms with van der Waals surface area (Å²) >= 11 is 6.17. The molecule has 1 aliphatic carbocycles. The maximum atomic E-state index is 13.5. The second kappa shape index (κ2) is 14.0. The van der Waals surface area contributed by atoms with Gasteiger partial charge in [0.2, 0.25) is 21.8 Å². The highest BCUT2D eigenvalue weighted by Crippen LogP contribution is 2.22. The van der Waals surface area contributed by atoms with Crippen LogP contribution in [0.25, 0.3) is 0 Å². The van der Waals surface area contributed by atoms with E-state index >= 15 is 0 Å². The minimum atomic E-state index is -3.53. The van der Waals surface area contributed by atoms with Gasteiger partial charge in [-0.1, -0.05) is 62.1 Å². The molecule has 2 aromatic rings. The van der Waals surface area contributed by atoms with Crippen LogP contribution < -0.4 is 9.62 Å². The fraction of sp³-hybridized carbons (Fsp3) is 0.517. The molecule has 2 aromatic carbocycles. The minimum absolute atomic E-state index is 0.112. The lowest BCUT2D eigenvalue weighted by Crippen LogP contribution is -2.50. The Bertz CT molecular complexity index is 1180. The van der Waals surface area contributed by atoms with Crippen LogP contribution in [0.2, 0.25) is 5.02 Å². The van der Waals surface area contributed by atoms with E-state index in [2.05, 4.69) is 5.32 Å². The molecule has 1 saturated carbocycles. The van der Waals surface area contributed by atoms with E-state index in [0.29, 0.717) is 17.1 Å². The van der Waals surface area contributed by atoms with E-state index in [-0.39, 0.29) is 37.4 Å². The number of nitrogens with zero attached hydrogens (tertiary/aromatic N) is 2. The average molecular weight is 562 g/mol. The number of hydrogen-bond donors (Lipinski definition) is 1. The van der Waals surface area contributed by atoms with Crippen LogP contribution in [0.15, 0.2) is 48.5 Å². The quantitative estimate of drug-likeness (QED) is 0.380. The van der Waals surface area contributed by atoms with Crippen molar-refractivity contribution in [2.24, 2.45) is 0 Å². The normalized spacial score (nSPS) is 15.1. The number of anilines is 1. The first-order valence-electron chi connectivity index (χ1n) is 13.5. The van der Waals surface area contributed by atoms with Gasteiger partial charge in [-0.05, 0) is 68.0 Å². The van der Waals surface area contributed by atoms with Crippen LogP contribution >= 0.6 is 11.6 Å². The molecule has 3 rings (SSSR count). The summed E-state index contributed by atoms with van der Waals surface area (Å²) in [6, 6.07) is 14.2. The van der Waals surface area contributed by atoms with Gasteiger partial charge in [0, 0.05) is 30.6 Å². The van der Waals surface area contributed by atoms with Crippen molar-refractivity contribution in [1.29, 1.82) is 0 Å². The first kappa shape index (κ1) is 30.0. The van der Waals surface area contributed by atoms with Crippen molar-refractivity contribution in [3.63, 3.8) is 0 Å². The van der Waals surface area contributed by atoms with Gasteiger partial charge in [0.25, 0.3) is 0 Å². The minimum Gasteiger partial charge on any atom is -0.352 e. The Morgan fingerprint density at radius 2 is 1.74 bits per heavy atom. The third kappa shape index (κ3) is 8.73. The number of nitrogens with one attached hydrogen (secondary N) is 1. The Balaban J connectivity index is 1.71. The molecule has 9 heteroatoms. The molecule has 208 valence electrons. The van der Waals surface area contributed by atoms with Gasteiger partial charge in [0.15, 0.2) is 0 Å². The molecule has 0 heterocycles. The Hall–Kier alpha value is -2.58. The summed E-state index contributed by atoms with van der Waals surface area (Å²) in [6.45, 7) is 4.20. The highest BCUT2D eigenvalue weighted by molar-refractivity contribution is 7.92. The van der Waals surface area contributed by atoms with Crippen molar-refractivity contribution in [2.45, 2.75) is 83.8 Å². The molecular weight excluding hydrogens is 522 g/mol. The molecule has 2 amide bonds. The van der Waals surface area contributed by atoms with Crippen LogP contribution in [0.3, 0.4) is 0 Å². The third-order valence-corrected chi connectivity index (χ3v) is 8.57. The van der Waals surface area contributed by atoms with Crippen LogP contribution in [-0.2, 0) is 32.6 Å². The van der Waals surface area contributed by atoms with Crippen LogP contribution in [0.5, 0.6) is 0 Å². The summed E-state index contributed by atoms with van der Waals surface area (Å²) in [4.78, 5) is 28.2. The highest BCUT2D eigenvalue weighted by atomic mass is 35.5. The molecule has 38 heavy (non-hydrogen) atoms. The van der Waals surface area contributed by atoms with Crippen LogP contribution in [0.1, 0.15) is 69.9 Å². The number of sulfonamides is 1. The Labute approximate surface area is 232 Å². The predicted molar refractivity (Wildman–Crippen MR) is 154 cm³/mol. The topological polar surface area (TPSA) is 86.8 Å². The zero-order valence-corrected chi connectivity index (χ0v) is 24.2. The van der Waals surface area contributed by atoms with Gasteiger partial charge in [-0.25, -0.2) is 8.42 Å². The summed E-state index contributed by atoms with van der Waals surface area (Å²) < 4.78 is 26.4. The van der Waals surface area contributed by atoms with E-state index in [0.717, 1.165) is 43.2 Å². The zero-order chi connectivity index (χ0) is 27.7. The Morgan fingerprint density at radius 1 is 1.05 bits per heavy atom. The molecule has 0 unspecified atom stereocenters. The van der Waals surface area contributed by atoms with Crippen molar-refractivity contribution in [2.75, 3.05) is 17.1 Å². The molecule has 1 fully saturated rings. The molecule has 1 aliphatic rings. The molecule has 0 spiro atoms. The number of carbonyl (C=O) groups is 2. The lowest BCUT2D eigenvalue weighted by molar-refractivity contribution is -0.141. The molecule has 0 aromatic heterocycles. The standard InChI is InChI=1S/C29H40ClN3O4S/c1-4-23-15-17-27(18-16-23)33(38(3,36)37)19-9-14-28(34)32(21-24-10-8-11-25(30)20-24)22(2)29(35)31-26-12-6-5-7-13-26/h8,10-11,15-18,20,22,26H,4-7,9,12-14,19,21H2,1-3H3,(H,31,35)/t22-/m1/s1. The Morgan fingerprint density at radius 3 is 2.34 bits per heavy atom. The number of hydrogen-bond acceptors (Lipinski definition) is 4. The molecule has 0 aliphatic heterocycles. The summed E-state index contributed by atoms with van der Waals surface area (Å²) in [6.07, 6.45) is 7.78. The van der Waals surface area contributed by atoms with E-state index < -0.39 is 16.1 Å².